The molecule has 9 heteroatoms. The van der Waals surface area contributed by atoms with Crippen LogP contribution in [0.4, 0.5) is 13.2 Å². The third-order valence-electron chi connectivity index (χ3n) is 2.06. The van der Waals surface area contributed by atoms with Crippen molar-refractivity contribution >= 4 is 11.2 Å². The summed E-state index contributed by atoms with van der Waals surface area (Å²) in [4.78, 5) is 20.9. The molecule has 0 amide bonds. The summed E-state index contributed by atoms with van der Waals surface area (Å²) < 4.78 is 42.2. The lowest BCUT2D eigenvalue weighted by atomic mass is 10.5. The Morgan fingerprint density at radius 3 is 2.76 bits per heavy atom. The van der Waals surface area contributed by atoms with Crippen molar-refractivity contribution in [2.75, 3.05) is 7.11 Å². The molecule has 0 spiro atoms. The van der Waals surface area contributed by atoms with Gasteiger partial charge in [-0.3, -0.25) is 9.55 Å². The molecule has 17 heavy (non-hydrogen) atoms. The number of fused-ring (bicyclic) bond motifs is 1. The standard InChI is InChI=1S/C8H7F3N4O2/c1-17-6-4-5(12-3-13-6)14-7(16)15(4)2-8(9,10)11/h3H,2H2,1H3,(H,12,13,14,16). The largest absolute Gasteiger partial charge is 0.479 e. The Kier molecular flexibility index (Phi) is 2.52. The lowest BCUT2D eigenvalue weighted by Gasteiger charge is -2.08. The first-order valence-corrected chi connectivity index (χ1v) is 4.46. The van der Waals surface area contributed by atoms with Crippen molar-refractivity contribution in [3.05, 3.63) is 16.8 Å². The number of aromatic amines is 1. The number of imidazole rings is 1. The van der Waals surface area contributed by atoms with Crippen molar-refractivity contribution in [2.24, 2.45) is 0 Å². The van der Waals surface area contributed by atoms with Crippen LogP contribution in [0.15, 0.2) is 11.1 Å². The maximum absolute atomic E-state index is 12.3. The number of H-pyrrole nitrogens is 1. The van der Waals surface area contributed by atoms with Gasteiger partial charge in [-0.05, 0) is 0 Å². The van der Waals surface area contributed by atoms with Gasteiger partial charge < -0.3 is 4.74 Å². The van der Waals surface area contributed by atoms with E-state index in [1.165, 1.54) is 7.11 Å². The van der Waals surface area contributed by atoms with E-state index in [2.05, 4.69) is 15.0 Å². The van der Waals surface area contributed by atoms with Crippen LogP contribution in [-0.4, -0.2) is 32.8 Å². The topological polar surface area (TPSA) is 72.8 Å². The van der Waals surface area contributed by atoms with Crippen LogP contribution in [0.2, 0.25) is 0 Å². The Balaban J connectivity index is 2.69. The molecule has 6 nitrogen and oxygen atoms in total. The molecular formula is C8H7F3N4O2. The van der Waals surface area contributed by atoms with E-state index in [1.807, 2.05) is 0 Å². The second-order valence-electron chi connectivity index (χ2n) is 3.21. The molecule has 0 saturated heterocycles. The van der Waals surface area contributed by atoms with Crippen molar-refractivity contribution in [2.45, 2.75) is 12.7 Å². The Morgan fingerprint density at radius 1 is 1.47 bits per heavy atom. The van der Waals surface area contributed by atoms with E-state index < -0.39 is 18.4 Å². The monoisotopic (exact) mass is 248 g/mol. The minimum Gasteiger partial charge on any atom is -0.479 e. The molecule has 1 N–H and O–H groups in total. The van der Waals surface area contributed by atoms with E-state index in [1.54, 1.807) is 0 Å². The zero-order valence-corrected chi connectivity index (χ0v) is 8.58. The van der Waals surface area contributed by atoms with Gasteiger partial charge in [0.2, 0.25) is 5.88 Å². The fourth-order valence-corrected chi connectivity index (χ4v) is 1.45. The second-order valence-corrected chi connectivity index (χ2v) is 3.21. The molecule has 2 aromatic rings. The summed E-state index contributed by atoms with van der Waals surface area (Å²) in [7, 11) is 1.25. The number of alkyl halides is 3. The summed E-state index contributed by atoms with van der Waals surface area (Å²) in [5.74, 6) is -0.0856. The van der Waals surface area contributed by atoms with E-state index in [0.717, 1.165) is 6.33 Å². The number of rotatable bonds is 2. The van der Waals surface area contributed by atoms with Crippen molar-refractivity contribution in [1.82, 2.24) is 19.5 Å². The smallest absolute Gasteiger partial charge is 0.406 e. The van der Waals surface area contributed by atoms with Crippen molar-refractivity contribution < 1.29 is 17.9 Å². The Hall–Kier alpha value is -2.06. The number of hydrogen-bond donors (Lipinski definition) is 1. The van der Waals surface area contributed by atoms with Gasteiger partial charge in [-0.15, -0.1) is 0 Å². The van der Waals surface area contributed by atoms with Crippen LogP contribution < -0.4 is 10.4 Å². The molecule has 0 fully saturated rings. The summed E-state index contributed by atoms with van der Waals surface area (Å²) in [6, 6.07) is 0. The molecule has 0 aromatic carbocycles. The molecule has 2 aromatic heterocycles. The van der Waals surface area contributed by atoms with E-state index >= 15 is 0 Å². The Labute approximate surface area is 92.1 Å². The fourth-order valence-electron chi connectivity index (χ4n) is 1.45. The molecule has 2 rings (SSSR count). The van der Waals surface area contributed by atoms with Gasteiger partial charge in [-0.1, -0.05) is 0 Å². The first-order valence-electron chi connectivity index (χ1n) is 4.46. The van der Waals surface area contributed by atoms with Crippen LogP contribution in [0.25, 0.3) is 11.2 Å². The summed E-state index contributed by atoms with van der Waals surface area (Å²) in [5.41, 5.74) is -1.00. The Morgan fingerprint density at radius 2 is 2.18 bits per heavy atom. The zero-order valence-electron chi connectivity index (χ0n) is 8.58. The fraction of sp³-hybridized carbons (Fsp3) is 0.375. The Bertz CT molecular complexity index is 601. The molecule has 0 aliphatic heterocycles. The van der Waals surface area contributed by atoms with E-state index in [4.69, 9.17) is 4.74 Å². The van der Waals surface area contributed by atoms with Crippen LogP contribution in [-0.2, 0) is 6.54 Å². The molecule has 92 valence electrons. The second kappa shape index (κ2) is 3.75. The third-order valence-corrected chi connectivity index (χ3v) is 2.06. The van der Waals surface area contributed by atoms with Gasteiger partial charge in [-0.2, -0.15) is 18.2 Å². The average Bonchev–Trinajstić information content (AvgIpc) is 2.53. The minimum atomic E-state index is -4.51. The molecule has 2 heterocycles. The number of ether oxygens (including phenoxy) is 1. The zero-order chi connectivity index (χ0) is 12.6. The number of aromatic nitrogens is 4. The van der Waals surface area contributed by atoms with Gasteiger partial charge in [-0.25, -0.2) is 9.78 Å². The van der Waals surface area contributed by atoms with Gasteiger partial charge in [0, 0.05) is 0 Å². The summed E-state index contributed by atoms with van der Waals surface area (Å²) >= 11 is 0. The lowest BCUT2D eigenvalue weighted by Crippen LogP contribution is -2.26. The molecule has 0 unspecified atom stereocenters. The molecule has 0 aliphatic rings. The molecule has 0 bridgehead atoms. The van der Waals surface area contributed by atoms with Gasteiger partial charge in [0.15, 0.2) is 11.2 Å². The van der Waals surface area contributed by atoms with Crippen molar-refractivity contribution in [3.63, 3.8) is 0 Å². The maximum Gasteiger partial charge on any atom is 0.406 e. The third kappa shape index (κ3) is 2.08. The van der Waals surface area contributed by atoms with Crippen LogP contribution in [0.5, 0.6) is 5.88 Å². The predicted octanol–water partition coefficient (Wildman–Crippen LogP) is 0.690. The molecule has 0 atom stereocenters. The first-order chi connectivity index (χ1) is 7.92. The van der Waals surface area contributed by atoms with Gasteiger partial charge >= 0.3 is 11.9 Å². The number of methoxy groups -OCH3 is 1. The first kappa shape index (κ1) is 11.4. The number of hydrogen-bond acceptors (Lipinski definition) is 4. The highest BCUT2D eigenvalue weighted by atomic mass is 19.4. The molecule has 0 radical (unpaired) electrons. The lowest BCUT2D eigenvalue weighted by molar-refractivity contribution is -0.140. The maximum atomic E-state index is 12.3. The van der Waals surface area contributed by atoms with E-state index in [9.17, 15) is 18.0 Å². The van der Waals surface area contributed by atoms with Crippen molar-refractivity contribution in [1.29, 1.82) is 0 Å². The highest BCUT2D eigenvalue weighted by Gasteiger charge is 2.31. The SMILES string of the molecule is COc1ncnc2[nH]c(=O)n(CC(F)(F)F)c12. The number of nitrogens with one attached hydrogen (secondary N) is 1. The molecule has 0 saturated carbocycles. The number of nitrogens with zero attached hydrogens (tertiary/aromatic N) is 3. The summed E-state index contributed by atoms with van der Waals surface area (Å²) in [5, 5.41) is 0. The van der Waals surface area contributed by atoms with Gasteiger partial charge in [0.05, 0.1) is 7.11 Å². The van der Waals surface area contributed by atoms with Crippen LogP contribution in [0, 0.1) is 0 Å². The van der Waals surface area contributed by atoms with Crippen LogP contribution >= 0.6 is 0 Å². The van der Waals surface area contributed by atoms with E-state index in [0.29, 0.717) is 4.57 Å². The normalized spacial score (nSPS) is 12.0. The highest BCUT2D eigenvalue weighted by Crippen LogP contribution is 2.23. The average molecular weight is 248 g/mol. The van der Waals surface area contributed by atoms with E-state index in [-0.39, 0.29) is 17.0 Å². The van der Waals surface area contributed by atoms with Gasteiger partial charge in [0.1, 0.15) is 12.9 Å². The highest BCUT2D eigenvalue weighted by molar-refractivity contribution is 5.76. The molecule has 0 aliphatic carbocycles. The van der Waals surface area contributed by atoms with Crippen molar-refractivity contribution in [3.8, 4) is 5.88 Å². The minimum absolute atomic E-state index is 0.00565. The van der Waals surface area contributed by atoms with Gasteiger partial charge in [0.25, 0.3) is 0 Å². The molecular weight excluding hydrogens is 241 g/mol. The summed E-state index contributed by atoms with van der Waals surface area (Å²) in [6.45, 7) is -1.42. The van der Waals surface area contributed by atoms with Crippen LogP contribution in [0.3, 0.4) is 0 Å². The number of halogens is 3. The van der Waals surface area contributed by atoms with Crippen LogP contribution in [0.1, 0.15) is 0 Å². The quantitative estimate of drug-likeness (QED) is 0.848. The summed E-state index contributed by atoms with van der Waals surface area (Å²) in [6.07, 6.45) is -3.42. The predicted molar refractivity (Wildman–Crippen MR) is 50.8 cm³/mol.